The summed E-state index contributed by atoms with van der Waals surface area (Å²) in [5, 5.41) is 2.95. The summed E-state index contributed by atoms with van der Waals surface area (Å²) in [5.74, 6) is 0. The summed E-state index contributed by atoms with van der Waals surface area (Å²) in [6, 6.07) is 2.86. The largest absolute Gasteiger partial charge is 0.468 e. The lowest BCUT2D eigenvalue weighted by Crippen LogP contribution is -2.23. The van der Waals surface area contributed by atoms with Crippen molar-refractivity contribution in [2.75, 3.05) is 7.11 Å². The Morgan fingerprint density at radius 3 is 2.87 bits per heavy atom. The fourth-order valence-corrected chi connectivity index (χ4v) is 2.61. The van der Waals surface area contributed by atoms with E-state index in [0.717, 1.165) is 0 Å². The third-order valence-corrected chi connectivity index (χ3v) is 3.31. The average molecular weight is 222 g/mol. The van der Waals surface area contributed by atoms with Crippen LogP contribution < -0.4 is 5.32 Å². The highest BCUT2D eigenvalue weighted by molar-refractivity contribution is 7.12. The number of methoxy groups -OCH3 is 1. The lowest BCUT2D eigenvalue weighted by Gasteiger charge is -2.15. The molecule has 80 valence electrons. The summed E-state index contributed by atoms with van der Waals surface area (Å²) < 4.78 is 5.08. The Kier molecular flexibility index (Phi) is 2.77. The van der Waals surface area contributed by atoms with Crippen molar-refractivity contribution in [3.63, 3.8) is 0 Å². The molecular weight excluding hydrogens is 208 g/mol. The summed E-state index contributed by atoms with van der Waals surface area (Å²) in [6.07, 6.45) is 3.92. The molecule has 1 aromatic rings. The Morgan fingerprint density at radius 1 is 1.47 bits per heavy atom. The predicted octanol–water partition coefficient (Wildman–Crippen LogP) is 2.53. The van der Waals surface area contributed by atoms with E-state index in [4.69, 9.17) is 4.74 Å². The third kappa shape index (κ3) is 2.04. The van der Waals surface area contributed by atoms with Crippen molar-refractivity contribution >= 4 is 17.4 Å². The maximum atomic E-state index is 5.08. The number of rotatable bonds is 1. The van der Waals surface area contributed by atoms with Crippen molar-refractivity contribution in [1.82, 2.24) is 5.32 Å². The Bertz CT molecular complexity index is 420. The van der Waals surface area contributed by atoms with Gasteiger partial charge in [0.05, 0.1) is 7.11 Å². The van der Waals surface area contributed by atoms with E-state index >= 15 is 0 Å². The fourth-order valence-electron chi connectivity index (χ4n) is 1.65. The molecule has 2 rings (SSSR count). The van der Waals surface area contributed by atoms with E-state index in [-0.39, 0.29) is 6.04 Å². The maximum absolute atomic E-state index is 5.08. The number of aliphatic imine (C=N–C) groups is 1. The molecule has 0 bridgehead atoms. The van der Waals surface area contributed by atoms with Gasteiger partial charge in [0.25, 0.3) is 6.02 Å². The molecule has 0 saturated carbocycles. The molecule has 0 amide bonds. The second-order valence-corrected chi connectivity index (χ2v) is 4.92. The minimum Gasteiger partial charge on any atom is -0.468 e. The lowest BCUT2D eigenvalue weighted by molar-refractivity contribution is 0.381. The van der Waals surface area contributed by atoms with Crippen molar-refractivity contribution in [2.24, 2.45) is 4.99 Å². The summed E-state index contributed by atoms with van der Waals surface area (Å²) in [6.45, 7) is 4.25. The Morgan fingerprint density at radius 2 is 2.27 bits per heavy atom. The third-order valence-electron chi connectivity index (χ3n) is 2.33. The first-order valence-electron chi connectivity index (χ1n) is 4.82. The van der Waals surface area contributed by atoms with Gasteiger partial charge in [-0.05, 0) is 31.6 Å². The predicted molar refractivity (Wildman–Crippen MR) is 63.3 cm³/mol. The van der Waals surface area contributed by atoms with Gasteiger partial charge in [-0.15, -0.1) is 11.3 Å². The zero-order valence-electron chi connectivity index (χ0n) is 9.07. The second kappa shape index (κ2) is 4.06. The molecule has 0 saturated heterocycles. The zero-order chi connectivity index (χ0) is 10.8. The molecule has 2 heterocycles. The van der Waals surface area contributed by atoms with Crippen LogP contribution in [-0.2, 0) is 4.74 Å². The monoisotopic (exact) mass is 222 g/mol. The van der Waals surface area contributed by atoms with Crippen LogP contribution in [0.4, 0.5) is 0 Å². The van der Waals surface area contributed by atoms with Crippen LogP contribution in [0.3, 0.4) is 0 Å². The van der Waals surface area contributed by atoms with Crippen molar-refractivity contribution in [1.29, 1.82) is 0 Å². The van der Waals surface area contributed by atoms with Crippen LogP contribution >= 0.6 is 11.3 Å². The van der Waals surface area contributed by atoms with Crippen LogP contribution in [0.1, 0.15) is 21.4 Å². The molecular formula is C11H14N2OS. The number of aryl methyl sites for hydroxylation is 2. The molecule has 1 aliphatic rings. The standard InChI is InChI=1S/C11H14N2OS/c1-7-6-9(8(2)15-7)10-4-5-12-11(13-10)14-3/h4-6,10H,1-3H3,(H,12,13). The highest BCUT2D eigenvalue weighted by atomic mass is 32.1. The molecule has 1 atom stereocenters. The molecule has 0 radical (unpaired) electrons. The van der Waals surface area contributed by atoms with E-state index < -0.39 is 0 Å². The highest BCUT2D eigenvalue weighted by Crippen LogP contribution is 2.30. The SMILES string of the molecule is COC1=NC(c2cc(C)sc2C)C=CN1. The first-order chi connectivity index (χ1) is 7.20. The van der Waals surface area contributed by atoms with Gasteiger partial charge in [-0.25, -0.2) is 4.99 Å². The molecule has 15 heavy (non-hydrogen) atoms. The van der Waals surface area contributed by atoms with E-state index in [1.165, 1.54) is 15.3 Å². The summed E-state index contributed by atoms with van der Waals surface area (Å²) in [4.78, 5) is 7.09. The first kappa shape index (κ1) is 10.2. The van der Waals surface area contributed by atoms with Crippen LogP contribution in [0.2, 0.25) is 0 Å². The van der Waals surface area contributed by atoms with Crippen LogP contribution in [0.25, 0.3) is 0 Å². The molecule has 0 aromatic carbocycles. The van der Waals surface area contributed by atoms with Gasteiger partial charge in [-0.2, -0.15) is 0 Å². The van der Waals surface area contributed by atoms with E-state index in [2.05, 4.69) is 30.2 Å². The number of ether oxygens (including phenoxy) is 1. The molecule has 3 nitrogen and oxygen atoms in total. The van der Waals surface area contributed by atoms with E-state index in [0.29, 0.717) is 6.02 Å². The molecule has 1 unspecified atom stereocenters. The van der Waals surface area contributed by atoms with E-state index in [9.17, 15) is 0 Å². The number of thiophene rings is 1. The van der Waals surface area contributed by atoms with Gasteiger partial charge in [-0.1, -0.05) is 0 Å². The molecule has 1 aliphatic heterocycles. The van der Waals surface area contributed by atoms with Crippen LogP contribution in [-0.4, -0.2) is 13.1 Å². The minimum absolute atomic E-state index is 0.0890. The van der Waals surface area contributed by atoms with Crippen molar-refractivity contribution < 1.29 is 4.74 Å². The van der Waals surface area contributed by atoms with Gasteiger partial charge >= 0.3 is 0 Å². The molecule has 1 aromatic heterocycles. The second-order valence-electron chi connectivity index (χ2n) is 3.46. The molecule has 0 aliphatic carbocycles. The van der Waals surface area contributed by atoms with Gasteiger partial charge in [0, 0.05) is 16.0 Å². The molecule has 4 heteroatoms. The quantitative estimate of drug-likeness (QED) is 0.792. The van der Waals surface area contributed by atoms with Crippen molar-refractivity contribution in [3.8, 4) is 0 Å². The number of hydrogen-bond donors (Lipinski definition) is 1. The molecule has 0 spiro atoms. The molecule has 1 N–H and O–H groups in total. The minimum atomic E-state index is 0.0890. The topological polar surface area (TPSA) is 33.6 Å². The number of nitrogens with zero attached hydrogens (tertiary/aromatic N) is 1. The van der Waals surface area contributed by atoms with Gasteiger partial charge in [0.15, 0.2) is 0 Å². The smallest absolute Gasteiger partial charge is 0.289 e. The molecule has 0 fully saturated rings. The average Bonchev–Trinajstić information content (AvgIpc) is 2.58. The summed E-state index contributed by atoms with van der Waals surface area (Å²) >= 11 is 1.81. The Balaban J connectivity index is 2.31. The van der Waals surface area contributed by atoms with E-state index in [1.54, 1.807) is 7.11 Å². The lowest BCUT2D eigenvalue weighted by atomic mass is 10.1. The Labute approximate surface area is 93.5 Å². The fraction of sp³-hybridized carbons (Fsp3) is 0.364. The van der Waals surface area contributed by atoms with Crippen LogP contribution in [0, 0.1) is 13.8 Å². The normalized spacial score (nSPS) is 19.7. The highest BCUT2D eigenvalue weighted by Gasteiger charge is 2.16. The van der Waals surface area contributed by atoms with Crippen LogP contribution in [0.5, 0.6) is 0 Å². The van der Waals surface area contributed by atoms with Crippen molar-refractivity contribution in [2.45, 2.75) is 19.9 Å². The summed E-state index contributed by atoms with van der Waals surface area (Å²) in [5.41, 5.74) is 1.27. The number of hydrogen-bond acceptors (Lipinski definition) is 4. The van der Waals surface area contributed by atoms with Gasteiger partial charge < -0.3 is 10.1 Å². The first-order valence-corrected chi connectivity index (χ1v) is 5.64. The van der Waals surface area contributed by atoms with E-state index in [1.807, 2.05) is 23.6 Å². The number of nitrogens with one attached hydrogen (secondary N) is 1. The number of amidine groups is 1. The van der Waals surface area contributed by atoms with Crippen molar-refractivity contribution in [3.05, 3.63) is 33.7 Å². The Hall–Kier alpha value is -1.29. The summed E-state index contributed by atoms with van der Waals surface area (Å²) in [7, 11) is 1.62. The van der Waals surface area contributed by atoms with Gasteiger partial charge in [0.2, 0.25) is 0 Å². The van der Waals surface area contributed by atoms with Gasteiger partial charge in [0.1, 0.15) is 6.04 Å². The van der Waals surface area contributed by atoms with Gasteiger partial charge in [-0.3, -0.25) is 0 Å². The zero-order valence-corrected chi connectivity index (χ0v) is 9.89. The maximum Gasteiger partial charge on any atom is 0.289 e. The van der Waals surface area contributed by atoms with Crippen LogP contribution in [0.15, 0.2) is 23.3 Å².